The summed E-state index contributed by atoms with van der Waals surface area (Å²) >= 11 is 6.22. The van der Waals surface area contributed by atoms with Gasteiger partial charge in [-0.15, -0.1) is 0 Å². The van der Waals surface area contributed by atoms with Gasteiger partial charge < -0.3 is 19.2 Å². The number of aryl methyl sites for hydroxylation is 1. The van der Waals surface area contributed by atoms with Crippen molar-refractivity contribution in [2.75, 3.05) is 23.9 Å². The Morgan fingerprint density at radius 2 is 1.74 bits per heavy atom. The summed E-state index contributed by atoms with van der Waals surface area (Å²) in [5, 5.41) is 23.9. The van der Waals surface area contributed by atoms with Crippen LogP contribution in [0.15, 0.2) is 83.3 Å². The summed E-state index contributed by atoms with van der Waals surface area (Å²) in [6, 6.07) is 22.4. The molecule has 14 heteroatoms. The number of amides is 2. The van der Waals surface area contributed by atoms with E-state index >= 15 is 0 Å². The number of allylic oxidation sites excluding steroid dienone is 1. The van der Waals surface area contributed by atoms with E-state index in [0.29, 0.717) is 33.7 Å². The molecular weight excluding hydrogens is 762 g/mol. The van der Waals surface area contributed by atoms with Gasteiger partial charge in [0.1, 0.15) is 22.9 Å². The van der Waals surface area contributed by atoms with E-state index in [4.69, 9.17) is 25.5 Å². The summed E-state index contributed by atoms with van der Waals surface area (Å²) in [6.45, 7) is 14.6. The van der Waals surface area contributed by atoms with Crippen LogP contribution in [-0.2, 0) is 14.9 Å². The molecule has 0 aliphatic carbocycles. The Balaban J connectivity index is 1.41. The minimum absolute atomic E-state index is 0.0333. The van der Waals surface area contributed by atoms with Gasteiger partial charge in [0.2, 0.25) is 17.8 Å². The third kappa shape index (κ3) is 9.88. The first-order valence-corrected chi connectivity index (χ1v) is 18.8. The van der Waals surface area contributed by atoms with Gasteiger partial charge in [-0.25, -0.2) is 9.78 Å². The van der Waals surface area contributed by atoms with Crippen molar-refractivity contribution in [2.45, 2.75) is 66.4 Å². The van der Waals surface area contributed by atoms with E-state index in [1.807, 2.05) is 18.2 Å². The minimum Gasteiger partial charge on any atom is -0.497 e. The number of nitro benzene ring substituents is 1. The number of carbonyl (C=O) groups excluding carboxylic acids is 3. The average molecular weight is 806 g/mol. The highest BCUT2D eigenvalue weighted by Crippen LogP contribution is 2.38. The number of non-ortho nitro benzene ring substituents is 1. The van der Waals surface area contributed by atoms with Gasteiger partial charge in [-0.2, -0.15) is 5.26 Å². The van der Waals surface area contributed by atoms with Crippen LogP contribution in [0.5, 0.6) is 5.75 Å². The third-order valence-corrected chi connectivity index (χ3v) is 9.71. The molecule has 0 saturated heterocycles. The van der Waals surface area contributed by atoms with Crippen molar-refractivity contribution in [3.05, 3.63) is 122 Å². The molecule has 2 amide bonds. The number of nitrogens with zero attached hydrogens (tertiary/aromatic N) is 4. The van der Waals surface area contributed by atoms with Crippen LogP contribution in [0.3, 0.4) is 0 Å². The number of fused-ring (bicyclic) bond motifs is 1. The number of oxazole rings is 1. The van der Waals surface area contributed by atoms with E-state index in [2.05, 4.69) is 51.0 Å². The molecule has 1 heterocycles. The molecule has 1 unspecified atom stereocenters. The van der Waals surface area contributed by atoms with Crippen molar-refractivity contribution >= 4 is 69.2 Å². The zero-order chi connectivity index (χ0) is 42.5. The second-order valence-corrected chi connectivity index (χ2v) is 16.0. The van der Waals surface area contributed by atoms with E-state index in [-0.39, 0.29) is 50.8 Å². The molecule has 0 fully saturated rings. The molecule has 0 bridgehead atoms. The lowest BCUT2D eigenvalue weighted by Gasteiger charge is -2.32. The third-order valence-electron chi connectivity index (χ3n) is 9.38. The molecule has 4 aromatic carbocycles. The van der Waals surface area contributed by atoms with Crippen LogP contribution in [0.25, 0.3) is 22.7 Å². The first kappa shape index (κ1) is 42.6. The summed E-state index contributed by atoms with van der Waals surface area (Å²) < 4.78 is 16.8. The van der Waals surface area contributed by atoms with Gasteiger partial charge in [0.15, 0.2) is 5.58 Å². The van der Waals surface area contributed by atoms with Crippen molar-refractivity contribution in [3.8, 4) is 11.8 Å². The van der Waals surface area contributed by atoms with E-state index < -0.39 is 28.8 Å². The zero-order valence-electron chi connectivity index (χ0n) is 33.5. The highest BCUT2D eigenvalue weighted by molar-refractivity contribution is 6.34. The molecule has 5 rings (SSSR count). The van der Waals surface area contributed by atoms with Crippen LogP contribution in [0.4, 0.5) is 21.9 Å². The van der Waals surface area contributed by atoms with Crippen LogP contribution >= 0.6 is 11.6 Å². The molecule has 0 spiro atoms. The number of anilines is 2. The van der Waals surface area contributed by atoms with Gasteiger partial charge >= 0.3 is 6.09 Å². The number of hydrogen-bond donors (Lipinski definition) is 1. The van der Waals surface area contributed by atoms with Crippen LogP contribution < -0.4 is 15.0 Å². The summed E-state index contributed by atoms with van der Waals surface area (Å²) in [6.07, 6.45) is -0.441. The lowest BCUT2D eigenvalue weighted by Crippen LogP contribution is -2.43. The number of hydrogen-bond acceptors (Lipinski definition) is 10. The van der Waals surface area contributed by atoms with Crippen molar-refractivity contribution < 1.29 is 33.2 Å². The lowest BCUT2D eigenvalue weighted by molar-refractivity contribution is -0.384. The Kier molecular flexibility index (Phi) is 12.7. The molecule has 1 atom stereocenters. The number of ether oxygens (including phenoxy) is 2. The Bertz CT molecular complexity index is 2460. The van der Waals surface area contributed by atoms with Crippen molar-refractivity contribution in [1.82, 2.24) is 4.98 Å². The molecule has 300 valence electrons. The number of nitriles is 1. The van der Waals surface area contributed by atoms with Gasteiger partial charge in [-0.1, -0.05) is 58.4 Å². The fourth-order valence-corrected chi connectivity index (χ4v) is 6.98. The first-order valence-electron chi connectivity index (χ1n) is 18.4. The SMILES string of the molecule is CCN(C(=O)OC(C(=O)Nc1cc([N+](=O)[O-])ccc1Cl)C(=O)c1ccc(OC)cc1)c1ccc(/C=C(\C#N)c2nc3cc(C(C)(C)CC(C)(C)C)ccc3o2)c(C)c1. The van der Waals surface area contributed by atoms with E-state index in [1.54, 1.807) is 38.1 Å². The maximum Gasteiger partial charge on any atom is 0.415 e. The summed E-state index contributed by atoms with van der Waals surface area (Å²) in [5.41, 5.74) is 3.75. The van der Waals surface area contributed by atoms with Crippen LogP contribution in [0, 0.1) is 33.8 Å². The van der Waals surface area contributed by atoms with Crippen molar-refractivity contribution in [3.63, 3.8) is 0 Å². The molecule has 0 radical (unpaired) electrons. The zero-order valence-corrected chi connectivity index (χ0v) is 34.3. The number of carbonyl (C=O) groups is 3. The number of nitrogens with one attached hydrogen (secondary N) is 1. The predicted molar refractivity (Wildman–Crippen MR) is 223 cm³/mol. The number of benzene rings is 4. The smallest absolute Gasteiger partial charge is 0.415 e. The number of halogens is 1. The molecule has 0 aliphatic rings. The van der Waals surface area contributed by atoms with Crippen LogP contribution in [-0.4, -0.2) is 47.4 Å². The van der Waals surface area contributed by atoms with E-state index in [1.165, 1.54) is 42.3 Å². The van der Waals surface area contributed by atoms with Crippen molar-refractivity contribution in [1.29, 1.82) is 5.26 Å². The summed E-state index contributed by atoms with van der Waals surface area (Å²) in [7, 11) is 1.45. The second-order valence-electron chi connectivity index (χ2n) is 15.5. The first-order chi connectivity index (χ1) is 27.3. The Hall–Kier alpha value is -6.52. The predicted octanol–water partition coefficient (Wildman–Crippen LogP) is 10.3. The molecule has 1 aromatic heterocycles. The number of rotatable bonds is 13. The molecule has 5 aromatic rings. The summed E-state index contributed by atoms with van der Waals surface area (Å²) in [5.74, 6) is -1.33. The quantitative estimate of drug-likeness (QED) is 0.0396. The van der Waals surface area contributed by atoms with Gasteiger partial charge in [0, 0.05) is 29.9 Å². The average Bonchev–Trinajstić information content (AvgIpc) is 3.60. The molecule has 58 heavy (non-hydrogen) atoms. The molecule has 0 saturated carbocycles. The van der Waals surface area contributed by atoms with Crippen molar-refractivity contribution in [2.24, 2.45) is 5.41 Å². The minimum atomic E-state index is -2.02. The monoisotopic (exact) mass is 805 g/mol. The topological polar surface area (TPSA) is 178 Å². The maximum atomic E-state index is 13.8. The summed E-state index contributed by atoms with van der Waals surface area (Å²) in [4.78, 5) is 57.8. The van der Waals surface area contributed by atoms with Crippen LogP contribution in [0.2, 0.25) is 5.02 Å². The number of methoxy groups -OCH3 is 1. The Labute approximate surface area is 341 Å². The Morgan fingerprint density at radius 1 is 1.03 bits per heavy atom. The highest BCUT2D eigenvalue weighted by Gasteiger charge is 2.34. The largest absolute Gasteiger partial charge is 0.497 e. The fraction of sp³-hybridized carbons (Fsp3) is 0.295. The van der Waals surface area contributed by atoms with Crippen LogP contribution in [0.1, 0.15) is 80.9 Å². The standard InChI is InChI=1S/C44H44ClN5O8/c1-9-49(42(53)58-39(38(51)27-11-16-33(56-8)17-12-27)40(52)47-35-23-32(50(54)55)15-18-34(35)45)31-14-10-28(26(2)20-31)21-29(24-46)41-48-36-22-30(13-19-37(36)57-41)44(6,7)25-43(3,4)5/h10-23,39H,9,25H2,1-8H3,(H,47,52)/b29-21+. The maximum absolute atomic E-state index is 13.8. The number of aromatic nitrogens is 1. The lowest BCUT2D eigenvalue weighted by atomic mass is 9.72. The number of ketones is 1. The van der Waals surface area contributed by atoms with Gasteiger partial charge in [0.25, 0.3) is 11.6 Å². The number of Topliss-reactive ketones (excluding diaryl/α,β-unsaturated/α-hetero) is 1. The number of nitro groups is 1. The molecular formula is C44H44ClN5O8. The Morgan fingerprint density at radius 3 is 2.34 bits per heavy atom. The molecule has 1 N–H and O–H groups in total. The highest BCUT2D eigenvalue weighted by atomic mass is 35.5. The van der Waals surface area contributed by atoms with Gasteiger partial charge in [-0.3, -0.25) is 24.6 Å². The molecule has 0 aliphatic heterocycles. The second kappa shape index (κ2) is 17.3. The normalized spacial score (nSPS) is 12.4. The van der Waals surface area contributed by atoms with Gasteiger partial charge in [-0.05, 0) is 108 Å². The fourth-order valence-electron chi connectivity index (χ4n) is 6.81. The van der Waals surface area contributed by atoms with Gasteiger partial charge in [0.05, 0.1) is 22.7 Å². The van der Waals surface area contributed by atoms with E-state index in [9.17, 15) is 29.8 Å². The van der Waals surface area contributed by atoms with E-state index in [0.717, 1.165) is 24.1 Å². The molecule has 13 nitrogen and oxygen atoms in total.